The number of nitrogens with zero attached hydrogens (tertiary/aromatic N) is 2. The Morgan fingerprint density at radius 3 is 2.43 bits per heavy atom. The molecule has 0 aromatic heterocycles. The van der Waals surface area contributed by atoms with Crippen LogP contribution in [-0.2, 0) is 21.7 Å². The highest BCUT2D eigenvalue weighted by Gasteiger charge is 2.49. The maximum absolute atomic E-state index is 13.6. The standard InChI is InChI=1S/C20H19F2N3O3/c1-20(14-8-9-15(21)16(22)10-14)18(27)25(19(28)23-20)12-17(26)24(2)11-13-6-4-3-5-7-13/h3-10H,11-12H2,1-2H3,(H,23,28). The Labute approximate surface area is 160 Å². The van der Waals surface area contributed by atoms with Gasteiger partial charge in [-0.25, -0.2) is 13.6 Å². The first-order valence-electron chi connectivity index (χ1n) is 8.60. The molecule has 1 heterocycles. The molecule has 0 saturated carbocycles. The third kappa shape index (κ3) is 3.58. The number of hydrogen-bond donors (Lipinski definition) is 1. The van der Waals surface area contributed by atoms with E-state index in [4.69, 9.17) is 0 Å². The smallest absolute Gasteiger partial charge is 0.325 e. The van der Waals surface area contributed by atoms with E-state index in [0.29, 0.717) is 6.54 Å². The molecule has 1 fully saturated rings. The molecule has 8 heteroatoms. The number of hydrogen-bond acceptors (Lipinski definition) is 3. The molecule has 146 valence electrons. The number of halogens is 2. The Morgan fingerprint density at radius 2 is 1.79 bits per heavy atom. The molecular weight excluding hydrogens is 368 g/mol. The van der Waals surface area contributed by atoms with Gasteiger partial charge in [0.2, 0.25) is 5.91 Å². The van der Waals surface area contributed by atoms with E-state index in [-0.39, 0.29) is 5.56 Å². The summed E-state index contributed by atoms with van der Waals surface area (Å²) in [5, 5.41) is 2.46. The first-order valence-corrected chi connectivity index (χ1v) is 8.60. The van der Waals surface area contributed by atoms with Gasteiger partial charge in [-0.1, -0.05) is 36.4 Å². The molecule has 3 rings (SSSR count). The maximum atomic E-state index is 13.6. The summed E-state index contributed by atoms with van der Waals surface area (Å²) in [6, 6.07) is 11.5. The van der Waals surface area contributed by atoms with E-state index < -0.39 is 41.6 Å². The highest BCUT2D eigenvalue weighted by molar-refractivity contribution is 6.09. The average molecular weight is 387 g/mol. The van der Waals surface area contributed by atoms with Crippen molar-refractivity contribution < 1.29 is 23.2 Å². The first-order chi connectivity index (χ1) is 13.2. The van der Waals surface area contributed by atoms with Gasteiger partial charge in [-0.3, -0.25) is 14.5 Å². The van der Waals surface area contributed by atoms with Crippen LogP contribution in [0.3, 0.4) is 0 Å². The Morgan fingerprint density at radius 1 is 1.11 bits per heavy atom. The van der Waals surface area contributed by atoms with Gasteiger partial charge in [0, 0.05) is 13.6 Å². The van der Waals surface area contributed by atoms with Crippen molar-refractivity contribution in [2.45, 2.75) is 19.0 Å². The molecule has 1 atom stereocenters. The molecular formula is C20H19F2N3O3. The monoisotopic (exact) mass is 387 g/mol. The molecule has 28 heavy (non-hydrogen) atoms. The zero-order valence-electron chi connectivity index (χ0n) is 15.4. The van der Waals surface area contributed by atoms with Crippen LogP contribution in [0.25, 0.3) is 0 Å². The second kappa shape index (κ2) is 7.38. The molecule has 1 unspecified atom stereocenters. The van der Waals surface area contributed by atoms with E-state index in [1.807, 2.05) is 30.3 Å². The van der Waals surface area contributed by atoms with Crippen LogP contribution < -0.4 is 5.32 Å². The minimum absolute atomic E-state index is 0.0948. The van der Waals surface area contributed by atoms with Gasteiger partial charge in [-0.2, -0.15) is 0 Å². The normalized spacial score (nSPS) is 18.9. The predicted octanol–water partition coefficient (Wildman–Crippen LogP) is 2.39. The maximum Gasteiger partial charge on any atom is 0.325 e. The Balaban J connectivity index is 1.74. The second-order valence-corrected chi connectivity index (χ2v) is 6.81. The van der Waals surface area contributed by atoms with Crippen molar-refractivity contribution in [2.75, 3.05) is 13.6 Å². The molecule has 0 aliphatic carbocycles. The Hall–Kier alpha value is -3.29. The summed E-state index contributed by atoms with van der Waals surface area (Å²) in [6.07, 6.45) is 0. The average Bonchev–Trinajstić information content (AvgIpc) is 2.88. The van der Waals surface area contributed by atoms with Gasteiger partial charge in [-0.15, -0.1) is 0 Å². The van der Waals surface area contributed by atoms with E-state index in [2.05, 4.69) is 5.32 Å². The van der Waals surface area contributed by atoms with Crippen molar-refractivity contribution >= 4 is 17.8 Å². The van der Waals surface area contributed by atoms with Gasteiger partial charge in [0.25, 0.3) is 5.91 Å². The Kier molecular flexibility index (Phi) is 5.13. The third-order valence-corrected chi connectivity index (χ3v) is 4.75. The van der Waals surface area contributed by atoms with Crippen LogP contribution in [0.2, 0.25) is 0 Å². The topological polar surface area (TPSA) is 69.7 Å². The number of rotatable bonds is 5. The number of carbonyl (C=O) groups is 3. The zero-order valence-corrected chi connectivity index (χ0v) is 15.4. The van der Waals surface area contributed by atoms with Crippen LogP contribution in [0, 0.1) is 11.6 Å². The van der Waals surface area contributed by atoms with Gasteiger partial charge < -0.3 is 10.2 Å². The van der Waals surface area contributed by atoms with E-state index in [1.54, 1.807) is 7.05 Å². The van der Waals surface area contributed by atoms with Crippen molar-refractivity contribution in [3.63, 3.8) is 0 Å². The van der Waals surface area contributed by atoms with Crippen molar-refractivity contribution in [1.82, 2.24) is 15.1 Å². The highest BCUT2D eigenvalue weighted by atomic mass is 19.2. The van der Waals surface area contributed by atoms with Crippen LogP contribution in [0.5, 0.6) is 0 Å². The quantitative estimate of drug-likeness (QED) is 0.801. The summed E-state index contributed by atoms with van der Waals surface area (Å²) in [5.74, 6) is -3.32. The lowest BCUT2D eigenvalue weighted by Gasteiger charge is -2.23. The summed E-state index contributed by atoms with van der Waals surface area (Å²) < 4.78 is 26.8. The number of benzene rings is 2. The lowest BCUT2D eigenvalue weighted by molar-refractivity contribution is -0.138. The summed E-state index contributed by atoms with van der Waals surface area (Å²) >= 11 is 0. The minimum Gasteiger partial charge on any atom is -0.340 e. The fourth-order valence-corrected chi connectivity index (χ4v) is 3.04. The predicted molar refractivity (Wildman–Crippen MR) is 96.9 cm³/mol. The fourth-order valence-electron chi connectivity index (χ4n) is 3.04. The number of imide groups is 1. The lowest BCUT2D eigenvalue weighted by Crippen LogP contribution is -2.43. The number of urea groups is 1. The molecule has 1 aliphatic rings. The molecule has 1 N–H and O–H groups in total. The van der Waals surface area contributed by atoms with Gasteiger partial charge in [0.1, 0.15) is 12.1 Å². The summed E-state index contributed by atoms with van der Waals surface area (Å²) in [6.45, 7) is 1.26. The fraction of sp³-hybridized carbons (Fsp3) is 0.250. The molecule has 4 amide bonds. The summed E-state index contributed by atoms with van der Waals surface area (Å²) in [7, 11) is 1.57. The molecule has 2 aromatic rings. The van der Waals surface area contributed by atoms with Crippen LogP contribution in [-0.4, -0.2) is 41.2 Å². The zero-order chi connectivity index (χ0) is 20.5. The van der Waals surface area contributed by atoms with Gasteiger partial charge >= 0.3 is 6.03 Å². The molecule has 0 spiro atoms. The van der Waals surface area contributed by atoms with Gasteiger partial charge in [0.15, 0.2) is 11.6 Å². The summed E-state index contributed by atoms with van der Waals surface area (Å²) in [5.41, 5.74) is -0.580. The van der Waals surface area contributed by atoms with Gasteiger partial charge in [-0.05, 0) is 30.2 Å². The minimum atomic E-state index is -1.58. The van der Waals surface area contributed by atoms with Crippen LogP contribution in [0.15, 0.2) is 48.5 Å². The second-order valence-electron chi connectivity index (χ2n) is 6.81. The van der Waals surface area contributed by atoms with Crippen molar-refractivity contribution in [2.24, 2.45) is 0 Å². The van der Waals surface area contributed by atoms with Gasteiger partial charge in [0.05, 0.1) is 0 Å². The molecule has 6 nitrogen and oxygen atoms in total. The van der Waals surface area contributed by atoms with E-state index in [9.17, 15) is 23.2 Å². The molecule has 2 aromatic carbocycles. The SMILES string of the molecule is CN(Cc1ccccc1)C(=O)CN1C(=O)NC(C)(c2ccc(F)c(F)c2)C1=O. The first kappa shape index (κ1) is 19.5. The van der Waals surface area contributed by atoms with E-state index >= 15 is 0 Å². The largest absolute Gasteiger partial charge is 0.340 e. The Bertz CT molecular complexity index is 936. The lowest BCUT2D eigenvalue weighted by atomic mass is 9.92. The van der Waals surface area contributed by atoms with Crippen molar-refractivity contribution in [1.29, 1.82) is 0 Å². The molecule has 1 aliphatic heterocycles. The number of carbonyl (C=O) groups excluding carboxylic acids is 3. The third-order valence-electron chi connectivity index (χ3n) is 4.75. The van der Waals surface area contributed by atoms with Crippen LogP contribution in [0.1, 0.15) is 18.1 Å². The number of amides is 4. The molecule has 0 bridgehead atoms. The van der Waals surface area contributed by atoms with Crippen LogP contribution >= 0.6 is 0 Å². The number of likely N-dealkylation sites (N-methyl/N-ethyl adjacent to an activating group) is 1. The van der Waals surface area contributed by atoms with E-state index in [0.717, 1.165) is 22.6 Å². The van der Waals surface area contributed by atoms with E-state index in [1.165, 1.54) is 17.9 Å². The van der Waals surface area contributed by atoms with Crippen LogP contribution in [0.4, 0.5) is 13.6 Å². The number of nitrogens with one attached hydrogen (secondary N) is 1. The molecule has 0 radical (unpaired) electrons. The van der Waals surface area contributed by atoms with Crippen molar-refractivity contribution in [3.05, 3.63) is 71.3 Å². The molecule has 1 saturated heterocycles. The summed E-state index contributed by atoms with van der Waals surface area (Å²) in [4.78, 5) is 39.8. The van der Waals surface area contributed by atoms with Crippen molar-refractivity contribution in [3.8, 4) is 0 Å². The highest BCUT2D eigenvalue weighted by Crippen LogP contribution is 2.29.